The van der Waals surface area contributed by atoms with Crippen molar-refractivity contribution in [2.75, 3.05) is 13.7 Å². The van der Waals surface area contributed by atoms with Gasteiger partial charge in [0.25, 0.3) is 0 Å². The van der Waals surface area contributed by atoms with Crippen LogP contribution in [0.4, 0.5) is 4.39 Å². The normalized spacial score (nSPS) is 20.0. The van der Waals surface area contributed by atoms with Gasteiger partial charge in [0.1, 0.15) is 5.82 Å². The highest BCUT2D eigenvalue weighted by atomic mass is 79.9. The molecule has 0 radical (unpaired) electrons. The van der Waals surface area contributed by atoms with Gasteiger partial charge in [0.2, 0.25) is 0 Å². The lowest BCUT2D eigenvalue weighted by atomic mass is 9.82. The lowest BCUT2D eigenvalue weighted by Crippen LogP contribution is -2.45. The number of halogens is 2. The zero-order valence-electron chi connectivity index (χ0n) is 12.9. The molecule has 0 bridgehead atoms. The van der Waals surface area contributed by atoms with Crippen LogP contribution in [0, 0.1) is 5.82 Å². The third-order valence-electron chi connectivity index (χ3n) is 4.47. The van der Waals surface area contributed by atoms with Crippen LogP contribution in [0.3, 0.4) is 0 Å². The Bertz CT molecular complexity index is 458. The summed E-state index contributed by atoms with van der Waals surface area (Å²) >= 11 is 3.45. The molecule has 1 unspecified atom stereocenters. The molecule has 0 amide bonds. The summed E-state index contributed by atoms with van der Waals surface area (Å²) in [5.41, 5.74) is 0.393. The van der Waals surface area contributed by atoms with Crippen LogP contribution in [0.2, 0.25) is 0 Å². The molecule has 2 nitrogen and oxygen atoms in total. The topological polar surface area (TPSA) is 21.3 Å². The molecule has 1 fully saturated rings. The monoisotopic (exact) mass is 357 g/mol. The van der Waals surface area contributed by atoms with Crippen LogP contribution in [0.25, 0.3) is 0 Å². The predicted molar refractivity (Wildman–Crippen MR) is 88.0 cm³/mol. The van der Waals surface area contributed by atoms with Gasteiger partial charge in [-0.3, -0.25) is 0 Å². The van der Waals surface area contributed by atoms with Gasteiger partial charge in [-0.2, -0.15) is 0 Å². The van der Waals surface area contributed by atoms with Crippen LogP contribution < -0.4 is 5.32 Å². The van der Waals surface area contributed by atoms with Crippen molar-refractivity contribution >= 4 is 15.9 Å². The Balaban J connectivity index is 2.41. The van der Waals surface area contributed by atoms with E-state index in [1.54, 1.807) is 6.07 Å². The Kier molecular flexibility index (Phi) is 6.20. The summed E-state index contributed by atoms with van der Waals surface area (Å²) in [4.78, 5) is 0. The fraction of sp³-hybridized carbons (Fsp3) is 0.647. The lowest BCUT2D eigenvalue weighted by molar-refractivity contribution is -0.0773. The van der Waals surface area contributed by atoms with Gasteiger partial charge in [0, 0.05) is 16.6 Å². The van der Waals surface area contributed by atoms with Gasteiger partial charge in [0.05, 0.1) is 11.6 Å². The van der Waals surface area contributed by atoms with Crippen LogP contribution in [0.15, 0.2) is 22.7 Å². The summed E-state index contributed by atoms with van der Waals surface area (Å²) in [6.07, 6.45) is 6.75. The van der Waals surface area contributed by atoms with Crippen molar-refractivity contribution in [3.8, 4) is 0 Å². The van der Waals surface area contributed by atoms with Crippen molar-refractivity contribution in [3.05, 3.63) is 34.1 Å². The highest BCUT2D eigenvalue weighted by molar-refractivity contribution is 9.10. The van der Waals surface area contributed by atoms with Crippen LogP contribution >= 0.6 is 15.9 Å². The van der Waals surface area contributed by atoms with E-state index < -0.39 is 0 Å². The average Bonchev–Trinajstić information content (AvgIpc) is 2.70. The van der Waals surface area contributed by atoms with Gasteiger partial charge >= 0.3 is 0 Å². The van der Waals surface area contributed by atoms with Gasteiger partial charge < -0.3 is 10.1 Å². The Labute approximate surface area is 135 Å². The van der Waals surface area contributed by atoms with Gasteiger partial charge in [-0.05, 0) is 45.0 Å². The minimum atomic E-state index is -0.304. The third kappa shape index (κ3) is 3.85. The second-order valence-electron chi connectivity index (χ2n) is 5.80. The minimum Gasteiger partial charge on any atom is -0.373 e. The molecule has 1 N–H and O–H groups in total. The molecule has 0 aromatic heterocycles. The highest BCUT2D eigenvalue weighted by Gasteiger charge is 2.41. The fourth-order valence-corrected chi connectivity index (χ4v) is 3.95. The number of benzene rings is 1. The summed E-state index contributed by atoms with van der Waals surface area (Å²) in [5.74, 6) is -0.166. The minimum absolute atomic E-state index is 0.118. The maximum absolute atomic E-state index is 14.4. The smallest absolute Gasteiger partial charge is 0.128 e. The first-order valence-electron chi connectivity index (χ1n) is 7.89. The summed E-state index contributed by atoms with van der Waals surface area (Å²) in [6.45, 7) is 2.68. The Morgan fingerprint density at radius 1 is 1.29 bits per heavy atom. The molecular weight excluding hydrogens is 333 g/mol. The van der Waals surface area contributed by atoms with Crippen molar-refractivity contribution < 1.29 is 9.13 Å². The number of nitrogens with one attached hydrogen (secondary N) is 1. The molecule has 1 aliphatic carbocycles. The molecule has 0 aliphatic heterocycles. The Morgan fingerprint density at radius 2 is 1.95 bits per heavy atom. The van der Waals surface area contributed by atoms with Crippen molar-refractivity contribution in [3.63, 3.8) is 0 Å². The second kappa shape index (κ2) is 7.70. The maximum Gasteiger partial charge on any atom is 0.128 e. The maximum atomic E-state index is 14.4. The molecule has 118 valence electrons. The van der Waals surface area contributed by atoms with E-state index in [1.807, 2.05) is 20.0 Å². The quantitative estimate of drug-likeness (QED) is 0.750. The van der Waals surface area contributed by atoms with E-state index >= 15 is 0 Å². The Hall–Kier alpha value is -0.450. The summed E-state index contributed by atoms with van der Waals surface area (Å²) in [6, 6.07) is 5.03. The summed E-state index contributed by atoms with van der Waals surface area (Å²) < 4.78 is 21.5. The molecule has 0 heterocycles. The van der Waals surface area contributed by atoms with E-state index in [0.29, 0.717) is 12.2 Å². The molecule has 21 heavy (non-hydrogen) atoms. The fourth-order valence-electron chi connectivity index (χ4n) is 3.57. The van der Waals surface area contributed by atoms with E-state index in [9.17, 15) is 4.39 Å². The zero-order chi connectivity index (χ0) is 15.3. The van der Waals surface area contributed by atoms with Crippen molar-refractivity contribution in [1.82, 2.24) is 5.32 Å². The summed E-state index contributed by atoms with van der Waals surface area (Å²) in [7, 11) is 1.90. The molecular formula is C17H25BrFNO. The molecule has 1 aromatic carbocycles. The molecule has 1 atom stereocenters. The van der Waals surface area contributed by atoms with E-state index in [0.717, 1.165) is 30.2 Å². The SMILES string of the molecule is CCOC1(C(NC)c2cc(Br)ccc2F)CCCCCC1. The van der Waals surface area contributed by atoms with E-state index in [4.69, 9.17) is 4.74 Å². The number of hydrogen-bond acceptors (Lipinski definition) is 2. The van der Waals surface area contributed by atoms with Crippen LogP contribution in [0.1, 0.15) is 57.1 Å². The van der Waals surface area contributed by atoms with Crippen molar-refractivity contribution in [2.45, 2.75) is 57.1 Å². The average molecular weight is 358 g/mol. The molecule has 0 saturated heterocycles. The molecule has 0 spiro atoms. The first-order valence-corrected chi connectivity index (χ1v) is 8.68. The van der Waals surface area contributed by atoms with Crippen LogP contribution in [0.5, 0.6) is 0 Å². The first-order chi connectivity index (χ1) is 10.1. The third-order valence-corrected chi connectivity index (χ3v) is 4.96. The molecule has 1 saturated carbocycles. The molecule has 1 aromatic rings. The van der Waals surface area contributed by atoms with Gasteiger partial charge in [-0.25, -0.2) is 4.39 Å². The summed E-state index contributed by atoms with van der Waals surface area (Å²) in [5, 5.41) is 3.32. The van der Waals surface area contributed by atoms with Crippen LogP contribution in [-0.2, 0) is 4.74 Å². The molecule has 2 rings (SSSR count). The van der Waals surface area contributed by atoms with Crippen molar-refractivity contribution in [2.24, 2.45) is 0 Å². The number of likely N-dealkylation sites (N-methyl/N-ethyl adjacent to an activating group) is 1. The number of ether oxygens (including phenoxy) is 1. The van der Waals surface area contributed by atoms with E-state index in [2.05, 4.69) is 21.2 Å². The largest absolute Gasteiger partial charge is 0.373 e. The molecule has 4 heteroatoms. The lowest BCUT2D eigenvalue weighted by Gasteiger charge is -2.40. The van der Waals surface area contributed by atoms with Gasteiger partial charge in [-0.1, -0.05) is 41.6 Å². The van der Waals surface area contributed by atoms with Crippen molar-refractivity contribution in [1.29, 1.82) is 0 Å². The number of rotatable bonds is 5. The first kappa shape index (κ1) is 16.9. The van der Waals surface area contributed by atoms with E-state index in [1.165, 1.54) is 18.9 Å². The van der Waals surface area contributed by atoms with Gasteiger partial charge in [0.15, 0.2) is 0 Å². The zero-order valence-corrected chi connectivity index (χ0v) is 14.5. The second-order valence-corrected chi connectivity index (χ2v) is 6.72. The predicted octanol–water partition coefficient (Wildman–Crippen LogP) is 4.98. The highest BCUT2D eigenvalue weighted by Crippen LogP contribution is 2.41. The number of hydrogen-bond donors (Lipinski definition) is 1. The molecule has 1 aliphatic rings. The van der Waals surface area contributed by atoms with E-state index in [-0.39, 0.29) is 17.5 Å². The van der Waals surface area contributed by atoms with Crippen LogP contribution in [-0.4, -0.2) is 19.3 Å². The Morgan fingerprint density at radius 3 is 2.52 bits per heavy atom. The van der Waals surface area contributed by atoms with Gasteiger partial charge in [-0.15, -0.1) is 0 Å². The standard InChI is InChI=1S/C17H25BrFNO/c1-3-21-17(10-6-4-5-7-11-17)16(20-2)14-12-13(18)8-9-15(14)19/h8-9,12,16,20H,3-7,10-11H2,1-2H3.